The van der Waals surface area contributed by atoms with Crippen molar-refractivity contribution < 1.29 is 9.53 Å². The summed E-state index contributed by atoms with van der Waals surface area (Å²) in [6.07, 6.45) is 3.15. The Hall–Kier alpha value is -5.02. The first kappa shape index (κ1) is 23.1. The Morgan fingerprint density at radius 2 is 1.62 bits per heavy atom. The van der Waals surface area contributed by atoms with Crippen LogP contribution in [0.1, 0.15) is 22.7 Å². The second-order valence-corrected chi connectivity index (χ2v) is 9.59. The molecule has 7 rings (SSSR count). The molecular weight excluding hydrogens is 514 g/mol. The molecule has 1 aliphatic heterocycles. The van der Waals surface area contributed by atoms with Crippen LogP contribution in [0.4, 0.5) is 5.82 Å². The fourth-order valence-corrected chi connectivity index (χ4v) is 5.04. The highest BCUT2D eigenvalue weighted by Crippen LogP contribution is 2.44. The molecule has 0 spiro atoms. The van der Waals surface area contributed by atoms with Crippen LogP contribution >= 0.6 is 11.6 Å². The van der Waals surface area contributed by atoms with Crippen molar-refractivity contribution in [2.75, 3.05) is 5.32 Å². The third-order valence-corrected chi connectivity index (χ3v) is 6.89. The Morgan fingerprint density at radius 3 is 2.33 bits per heavy atom. The van der Waals surface area contributed by atoms with Gasteiger partial charge in [0.25, 0.3) is 0 Å². The number of anilines is 1. The number of amides is 1. The van der Waals surface area contributed by atoms with Crippen LogP contribution < -0.4 is 10.1 Å². The number of carbonyl (C=O) groups is 1. The van der Waals surface area contributed by atoms with Gasteiger partial charge in [0.2, 0.25) is 5.91 Å². The Balaban J connectivity index is 1.29. The number of carbonyl (C=O) groups excluding carboxylic acids is 1. The average Bonchev–Trinajstić information content (AvgIpc) is 3.55. The van der Waals surface area contributed by atoms with Crippen molar-refractivity contribution in [3.05, 3.63) is 113 Å². The van der Waals surface area contributed by atoms with Crippen LogP contribution in [0.5, 0.6) is 11.5 Å². The molecule has 0 saturated carbocycles. The van der Waals surface area contributed by atoms with E-state index in [1.165, 1.54) is 6.33 Å². The topological polar surface area (TPSA) is 99.7 Å². The maximum Gasteiger partial charge on any atom is 0.237 e. The number of aryl methyl sites for hydroxylation is 1. The SMILES string of the molecule is Cc1cc(NC(=O)C2c3ccccc3Oc3ccccc32)n(-c2ncnc3c2cnn3-c2ccc(Cl)cc2)n1. The van der Waals surface area contributed by atoms with Crippen LogP contribution in [0.15, 0.2) is 91.4 Å². The standard InChI is InChI=1S/C29H20ClN7O2/c1-17-14-25(34-29(38)26-20-6-2-4-8-23(20)39-24-9-5-3-7-21(24)26)37(35-17)28-22-15-33-36(27(22)31-16-32-28)19-12-10-18(30)11-13-19/h2-16,26H,1H3,(H,34,38). The van der Waals surface area contributed by atoms with E-state index in [1.54, 1.807) is 27.7 Å². The molecule has 3 aromatic carbocycles. The molecule has 4 heterocycles. The van der Waals surface area contributed by atoms with Gasteiger partial charge in [-0.1, -0.05) is 48.0 Å². The minimum atomic E-state index is -0.562. The van der Waals surface area contributed by atoms with Gasteiger partial charge in [-0.2, -0.15) is 14.9 Å². The van der Waals surface area contributed by atoms with Crippen LogP contribution in [0, 0.1) is 6.92 Å². The number of halogens is 1. The van der Waals surface area contributed by atoms with Gasteiger partial charge >= 0.3 is 0 Å². The summed E-state index contributed by atoms with van der Waals surface area (Å²) < 4.78 is 9.39. The van der Waals surface area contributed by atoms with Crippen molar-refractivity contribution in [3.63, 3.8) is 0 Å². The summed E-state index contributed by atoms with van der Waals surface area (Å²) in [7, 11) is 0. The van der Waals surface area contributed by atoms with E-state index in [2.05, 4.69) is 25.5 Å². The molecule has 0 saturated heterocycles. The molecule has 190 valence electrons. The van der Waals surface area contributed by atoms with Crippen LogP contribution in [0.2, 0.25) is 5.02 Å². The second-order valence-electron chi connectivity index (χ2n) is 9.15. The van der Waals surface area contributed by atoms with Gasteiger partial charge in [0.15, 0.2) is 11.5 Å². The molecule has 1 aliphatic rings. The van der Waals surface area contributed by atoms with E-state index in [0.29, 0.717) is 39.2 Å². The Kier molecular flexibility index (Phi) is 5.38. The number of rotatable bonds is 4. The molecule has 3 aromatic heterocycles. The third-order valence-electron chi connectivity index (χ3n) is 6.64. The Bertz CT molecular complexity index is 1830. The number of nitrogens with one attached hydrogen (secondary N) is 1. The predicted octanol–water partition coefficient (Wildman–Crippen LogP) is 5.84. The average molecular weight is 534 g/mol. The normalized spacial score (nSPS) is 12.6. The molecule has 0 atom stereocenters. The quantitative estimate of drug-likeness (QED) is 0.305. The number of fused-ring (bicyclic) bond motifs is 3. The molecule has 0 unspecified atom stereocenters. The Labute approximate surface area is 227 Å². The molecule has 1 amide bonds. The van der Waals surface area contributed by atoms with Gasteiger partial charge in [0.1, 0.15) is 23.6 Å². The van der Waals surface area contributed by atoms with Gasteiger partial charge in [-0.3, -0.25) is 4.79 Å². The fourth-order valence-electron chi connectivity index (χ4n) is 4.91. The molecule has 0 fully saturated rings. The zero-order chi connectivity index (χ0) is 26.5. The molecule has 0 aliphatic carbocycles. The molecular formula is C29H20ClN7O2. The van der Waals surface area contributed by atoms with E-state index in [-0.39, 0.29) is 5.91 Å². The minimum absolute atomic E-state index is 0.207. The minimum Gasteiger partial charge on any atom is -0.457 e. The summed E-state index contributed by atoms with van der Waals surface area (Å²) in [5.41, 5.74) is 3.71. The highest BCUT2D eigenvalue weighted by atomic mass is 35.5. The number of para-hydroxylation sites is 2. The first-order valence-corrected chi connectivity index (χ1v) is 12.6. The molecule has 0 bridgehead atoms. The molecule has 39 heavy (non-hydrogen) atoms. The van der Waals surface area contributed by atoms with E-state index in [4.69, 9.17) is 16.3 Å². The van der Waals surface area contributed by atoms with Gasteiger partial charge in [-0.15, -0.1) is 0 Å². The lowest BCUT2D eigenvalue weighted by atomic mass is 9.87. The van der Waals surface area contributed by atoms with E-state index in [9.17, 15) is 4.79 Å². The van der Waals surface area contributed by atoms with Crippen LogP contribution in [0.3, 0.4) is 0 Å². The Morgan fingerprint density at radius 1 is 0.923 bits per heavy atom. The number of aromatic nitrogens is 6. The number of nitrogens with zero attached hydrogens (tertiary/aromatic N) is 6. The van der Waals surface area contributed by atoms with Crippen molar-refractivity contribution in [1.82, 2.24) is 29.5 Å². The fraction of sp³-hybridized carbons (Fsp3) is 0.0690. The van der Waals surface area contributed by atoms with Gasteiger partial charge < -0.3 is 10.1 Å². The molecule has 6 aromatic rings. The molecule has 1 N–H and O–H groups in total. The lowest BCUT2D eigenvalue weighted by molar-refractivity contribution is -0.116. The van der Waals surface area contributed by atoms with E-state index >= 15 is 0 Å². The number of benzene rings is 3. The lowest BCUT2D eigenvalue weighted by Gasteiger charge is -2.27. The largest absolute Gasteiger partial charge is 0.457 e. The summed E-state index contributed by atoms with van der Waals surface area (Å²) in [5, 5.41) is 13.6. The van der Waals surface area contributed by atoms with Gasteiger partial charge in [-0.05, 0) is 43.3 Å². The summed E-state index contributed by atoms with van der Waals surface area (Å²) >= 11 is 6.06. The van der Waals surface area contributed by atoms with Crippen molar-refractivity contribution in [3.8, 4) is 23.0 Å². The van der Waals surface area contributed by atoms with E-state index < -0.39 is 5.92 Å². The smallest absolute Gasteiger partial charge is 0.237 e. The van der Waals surface area contributed by atoms with Crippen LogP contribution in [-0.4, -0.2) is 35.4 Å². The maximum absolute atomic E-state index is 13.9. The highest BCUT2D eigenvalue weighted by molar-refractivity contribution is 6.30. The van der Waals surface area contributed by atoms with E-state index in [1.807, 2.05) is 73.7 Å². The summed E-state index contributed by atoms with van der Waals surface area (Å²) in [6, 6.07) is 24.3. The van der Waals surface area contributed by atoms with Crippen LogP contribution in [0.25, 0.3) is 22.5 Å². The number of hydrogen-bond acceptors (Lipinski definition) is 6. The highest BCUT2D eigenvalue weighted by Gasteiger charge is 2.33. The van der Waals surface area contributed by atoms with Crippen molar-refractivity contribution >= 4 is 34.4 Å². The first-order chi connectivity index (χ1) is 19.1. The van der Waals surface area contributed by atoms with Gasteiger partial charge in [-0.25, -0.2) is 14.6 Å². The number of ether oxygens (including phenoxy) is 1. The zero-order valence-electron chi connectivity index (χ0n) is 20.6. The van der Waals surface area contributed by atoms with Crippen molar-refractivity contribution in [2.24, 2.45) is 0 Å². The second kappa shape index (κ2) is 9.07. The van der Waals surface area contributed by atoms with E-state index in [0.717, 1.165) is 22.5 Å². The predicted molar refractivity (Wildman–Crippen MR) is 147 cm³/mol. The monoisotopic (exact) mass is 533 g/mol. The summed E-state index contributed by atoms with van der Waals surface area (Å²) in [5.74, 6) is 1.53. The summed E-state index contributed by atoms with van der Waals surface area (Å²) in [4.78, 5) is 22.9. The molecule has 9 nitrogen and oxygen atoms in total. The molecule has 10 heteroatoms. The zero-order valence-corrected chi connectivity index (χ0v) is 21.4. The maximum atomic E-state index is 13.9. The third kappa shape index (κ3) is 3.91. The van der Waals surface area contributed by atoms with Crippen molar-refractivity contribution in [1.29, 1.82) is 0 Å². The summed E-state index contributed by atoms with van der Waals surface area (Å²) in [6.45, 7) is 1.86. The number of hydrogen-bond donors (Lipinski definition) is 1. The van der Waals surface area contributed by atoms with Crippen molar-refractivity contribution in [2.45, 2.75) is 12.8 Å². The van der Waals surface area contributed by atoms with Crippen LogP contribution in [-0.2, 0) is 4.79 Å². The molecule has 0 radical (unpaired) electrons. The van der Waals surface area contributed by atoms with Gasteiger partial charge in [0.05, 0.1) is 28.9 Å². The van der Waals surface area contributed by atoms with Gasteiger partial charge in [0, 0.05) is 22.2 Å². The lowest BCUT2D eigenvalue weighted by Crippen LogP contribution is -2.26. The first-order valence-electron chi connectivity index (χ1n) is 12.2.